The molecule has 6 unspecified atom stereocenters. The van der Waals surface area contributed by atoms with Gasteiger partial charge in [-0.1, -0.05) is 187 Å². The molecular weight excluding hydrogens is 741 g/mol. The first-order chi connectivity index (χ1) is 27.1. The van der Waals surface area contributed by atoms with E-state index in [-0.39, 0.29) is 19.6 Å². The van der Waals surface area contributed by atoms with Gasteiger partial charge in [-0.25, -0.2) is 4.18 Å². The summed E-state index contributed by atoms with van der Waals surface area (Å²) in [7, 11) is -5.05. The largest absolute Gasteiger partial charge is 0.457 e. The topological polar surface area (TPSA) is 178 Å². The lowest BCUT2D eigenvalue weighted by Crippen LogP contribution is -2.60. The lowest BCUT2D eigenvalue weighted by atomic mass is 9.99. The highest BCUT2D eigenvalue weighted by Crippen LogP contribution is 2.26. The summed E-state index contributed by atoms with van der Waals surface area (Å²) in [5.41, 5.74) is 0. The third-order valence-corrected chi connectivity index (χ3v) is 11.2. The van der Waals surface area contributed by atoms with Crippen LogP contribution in [0.25, 0.3) is 0 Å². The van der Waals surface area contributed by atoms with Gasteiger partial charge < -0.3 is 34.3 Å². The van der Waals surface area contributed by atoms with Crippen LogP contribution in [-0.2, 0) is 38.3 Å². The monoisotopic (exact) mass is 825 g/mol. The van der Waals surface area contributed by atoms with E-state index in [0.717, 1.165) is 38.5 Å². The number of hydrogen-bond donors (Lipinski definition) is 4. The van der Waals surface area contributed by atoms with Crippen LogP contribution in [0.4, 0.5) is 0 Å². The molecule has 0 amide bonds. The Hall–Kier alpha value is -0.900. The lowest BCUT2D eigenvalue weighted by Gasteiger charge is -2.41. The number of esters is 1. The van der Waals surface area contributed by atoms with Crippen molar-refractivity contribution in [3.05, 3.63) is 0 Å². The molecule has 334 valence electrons. The SMILES string of the molecule is CCCCCCCCCCCCCCCCCC(=O)OC(COCCCCCCCCCCCCCCCC)COC1OC(CO)C(O)C(OS(=O)(=O)O)C1O. The maximum Gasteiger partial charge on any atom is 0.397 e. The summed E-state index contributed by atoms with van der Waals surface area (Å²) in [6.07, 6.45) is 27.0. The second-order valence-electron chi connectivity index (χ2n) is 16.0. The van der Waals surface area contributed by atoms with Crippen molar-refractivity contribution in [2.24, 2.45) is 0 Å². The molecule has 1 fully saturated rings. The maximum atomic E-state index is 12.8. The van der Waals surface area contributed by atoms with E-state index < -0.39 is 59.8 Å². The summed E-state index contributed by atoms with van der Waals surface area (Å²) < 4.78 is 59.0. The van der Waals surface area contributed by atoms with E-state index in [1.807, 2.05) is 0 Å². The van der Waals surface area contributed by atoms with Crippen molar-refractivity contribution in [1.82, 2.24) is 0 Å². The van der Waals surface area contributed by atoms with Crippen molar-refractivity contribution in [2.45, 2.75) is 243 Å². The van der Waals surface area contributed by atoms with Crippen molar-refractivity contribution < 1.29 is 56.2 Å². The fraction of sp³-hybridized carbons (Fsp3) is 0.977. The molecule has 0 saturated carbocycles. The van der Waals surface area contributed by atoms with E-state index in [4.69, 9.17) is 23.5 Å². The second-order valence-corrected chi connectivity index (χ2v) is 17.1. The van der Waals surface area contributed by atoms with Gasteiger partial charge >= 0.3 is 16.4 Å². The van der Waals surface area contributed by atoms with E-state index in [1.54, 1.807) is 0 Å². The van der Waals surface area contributed by atoms with Crippen molar-refractivity contribution in [1.29, 1.82) is 0 Å². The average molecular weight is 825 g/mol. The molecule has 0 spiro atoms. The first kappa shape index (κ1) is 53.1. The smallest absolute Gasteiger partial charge is 0.397 e. The highest BCUT2D eigenvalue weighted by Gasteiger charge is 2.48. The van der Waals surface area contributed by atoms with Gasteiger partial charge in [0.1, 0.15) is 30.5 Å². The standard InChI is InChI=1S/C43H84O12S/c1-3-5-7-9-11-13-15-17-19-20-22-24-26-28-30-32-39(45)53-37(35-51-33-31-29-27-25-23-21-18-16-14-12-10-8-6-4-2)36-52-43-41(47)42(55-56(48,49)50)40(46)38(34-44)54-43/h37-38,40-44,46-47H,3-36H2,1-2H3,(H,48,49,50). The molecule has 0 aromatic heterocycles. The number of aliphatic hydroxyl groups excluding tert-OH is 3. The lowest BCUT2D eigenvalue weighted by molar-refractivity contribution is -0.301. The highest BCUT2D eigenvalue weighted by molar-refractivity contribution is 7.80. The first-order valence-corrected chi connectivity index (χ1v) is 24.2. The minimum Gasteiger partial charge on any atom is -0.457 e. The quantitative estimate of drug-likeness (QED) is 0.0262. The van der Waals surface area contributed by atoms with Crippen LogP contribution in [0.15, 0.2) is 0 Å². The Labute approximate surface area is 341 Å². The Balaban J connectivity index is 2.42. The van der Waals surface area contributed by atoms with Crippen LogP contribution in [0.3, 0.4) is 0 Å². The Bertz CT molecular complexity index is 999. The number of ether oxygens (including phenoxy) is 4. The number of hydrogen-bond acceptors (Lipinski definition) is 11. The third-order valence-electron chi connectivity index (χ3n) is 10.7. The van der Waals surface area contributed by atoms with Gasteiger partial charge in [0.15, 0.2) is 6.29 Å². The maximum absolute atomic E-state index is 12.8. The Morgan fingerprint density at radius 1 is 0.607 bits per heavy atom. The molecule has 12 nitrogen and oxygen atoms in total. The van der Waals surface area contributed by atoms with Crippen LogP contribution in [-0.4, -0.2) is 97.5 Å². The number of carbonyl (C=O) groups excluding carboxylic acids is 1. The molecule has 1 aliphatic heterocycles. The zero-order chi connectivity index (χ0) is 41.1. The number of rotatable bonds is 40. The molecule has 1 saturated heterocycles. The summed E-state index contributed by atoms with van der Waals surface area (Å²) in [6.45, 7) is 4.03. The predicted molar refractivity (Wildman–Crippen MR) is 221 cm³/mol. The van der Waals surface area contributed by atoms with Crippen LogP contribution in [0.5, 0.6) is 0 Å². The zero-order valence-electron chi connectivity index (χ0n) is 35.5. The zero-order valence-corrected chi connectivity index (χ0v) is 36.3. The molecule has 0 radical (unpaired) electrons. The molecule has 0 aliphatic carbocycles. The van der Waals surface area contributed by atoms with E-state index in [9.17, 15) is 28.5 Å². The van der Waals surface area contributed by atoms with Crippen molar-refractivity contribution in [2.75, 3.05) is 26.4 Å². The molecule has 6 atom stereocenters. The van der Waals surface area contributed by atoms with Crippen molar-refractivity contribution in [3.63, 3.8) is 0 Å². The minimum atomic E-state index is -5.05. The summed E-state index contributed by atoms with van der Waals surface area (Å²) >= 11 is 0. The molecule has 1 heterocycles. The molecule has 0 aromatic rings. The van der Waals surface area contributed by atoms with E-state index in [2.05, 4.69) is 18.0 Å². The van der Waals surface area contributed by atoms with E-state index in [1.165, 1.54) is 141 Å². The molecule has 13 heteroatoms. The molecule has 1 aliphatic rings. The molecule has 1 rings (SSSR count). The molecule has 0 bridgehead atoms. The van der Waals surface area contributed by atoms with E-state index >= 15 is 0 Å². The van der Waals surface area contributed by atoms with Crippen LogP contribution in [0.2, 0.25) is 0 Å². The number of aliphatic hydroxyl groups is 3. The Kier molecular flexibility index (Phi) is 34.1. The summed E-state index contributed by atoms with van der Waals surface area (Å²) in [6, 6.07) is 0. The summed E-state index contributed by atoms with van der Waals surface area (Å²) in [5.74, 6) is -0.394. The van der Waals surface area contributed by atoms with Gasteiger partial charge in [-0.15, -0.1) is 0 Å². The summed E-state index contributed by atoms with van der Waals surface area (Å²) in [5, 5.41) is 30.6. The second kappa shape index (κ2) is 36.0. The Morgan fingerprint density at radius 2 is 1.02 bits per heavy atom. The fourth-order valence-corrected chi connectivity index (χ4v) is 7.77. The van der Waals surface area contributed by atoms with Gasteiger partial charge in [-0.3, -0.25) is 9.35 Å². The summed E-state index contributed by atoms with van der Waals surface area (Å²) in [4.78, 5) is 12.8. The first-order valence-electron chi connectivity index (χ1n) is 22.8. The van der Waals surface area contributed by atoms with Gasteiger partial charge in [0.2, 0.25) is 0 Å². The van der Waals surface area contributed by atoms with Gasteiger partial charge in [-0.2, -0.15) is 8.42 Å². The molecule has 4 N–H and O–H groups in total. The van der Waals surface area contributed by atoms with Gasteiger partial charge in [0.25, 0.3) is 0 Å². The van der Waals surface area contributed by atoms with Gasteiger partial charge in [0.05, 0.1) is 19.8 Å². The Morgan fingerprint density at radius 3 is 1.43 bits per heavy atom. The van der Waals surface area contributed by atoms with Crippen LogP contribution in [0, 0.1) is 0 Å². The molecular formula is C43H84O12S. The van der Waals surface area contributed by atoms with Crippen molar-refractivity contribution in [3.8, 4) is 0 Å². The average Bonchev–Trinajstić information content (AvgIpc) is 3.17. The number of unbranched alkanes of at least 4 members (excludes halogenated alkanes) is 27. The van der Waals surface area contributed by atoms with Crippen molar-refractivity contribution >= 4 is 16.4 Å². The van der Waals surface area contributed by atoms with Crippen LogP contribution < -0.4 is 0 Å². The van der Waals surface area contributed by atoms with E-state index in [0.29, 0.717) is 13.0 Å². The highest BCUT2D eigenvalue weighted by atomic mass is 32.3. The molecule has 0 aromatic carbocycles. The van der Waals surface area contributed by atoms with Crippen LogP contribution in [0.1, 0.15) is 206 Å². The predicted octanol–water partition coefficient (Wildman–Crippen LogP) is 9.30. The number of carbonyl (C=O) groups is 1. The van der Waals surface area contributed by atoms with Crippen LogP contribution >= 0.6 is 0 Å². The normalized spacial score (nSPS) is 20.7. The molecule has 56 heavy (non-hydrogen) atoms. The van der Waals surface area contributed by atoms with Gasteiger partial charge in [-0.05, 0) is 12.8 Å². The third kappa shape index (κ3) is 29.3. The fourth-order valence-electron chi connectivity index (χ4n) is 7.26. The van der Waals surface area contributed by atoms with Gasteiger partial charge in [0, 0.05) is 13.0 Å². The minimum absolute atomic E-state index is 0.0445.